The normalized spacial score (nSPS) is 14.8. The number of ether oxygens (including phenoxy) is 3. The van der Waals surface area contributed by atoms with E-state index in [2.05, 4.69) is 5.32 Å². The summed E-state index contributed by atoms with van der Waals surface area (Å²) in [6.07, 6.45) is 1.99. The van der Waals surface area contributed by atoms with E-state index in [4.69, 9.17) is 14.2 Å². The molecule has 0 radical (unpaired) electrons. The molecule has 0 atom stereocenters. The minimum Gasteiger partial charge on any atom is -0.496 e. The summed E-state index contributed by atoms with van der Waals surface area (Å²) in [7, 11) is 2.75. The third-order valence-electron chi connectivity index (χ3n) is 4.73. The molecule has 0 bridgehead atoms. The first-order valence-electron chi connectivity index (χ1n) is 9.94. The van der Waals surface area contributed by atoms with E-state index < -0.39 is 23.8 Å². The van der Waals surface area contributed by atoms with Gasteiger partial charge in [-0.3, -0.25) is 14.9 Å². The zero-order chi connectivity index (χ0) is 24.1. The second-order valence-corrected chi connectivity index (χ2v) is 6.91. The molecule has 4 amide bonds. The second kappa shape index (κ2) is 9.86. The molecule has 1 fully saturated rings. The van der Waals surface area contributed by atoms with Gasteiger partial charge in [-0.2, -0.15) is 0 Å². The fraction of sp³-hybridized carbons (Fsp3) is 0.217. The van der Waals surface area contributed by atoms with Gasteiger partial charge in [-0.1, -0.05) is 13.0 Å². The Morgan fingerprint density at radius 2 is 1.73 bits per heavy atom. The number of carboxylic acid groups (broad SMARTS) is 1. The minimum atomic E-state index is -1.24. The third kappa shape index (κ3) is 4.79. The van der Waals surface area contributed by atoms with Crippen LogP contribution in [0.5, 0.6) is 17.2 Å². The van der Waals surface area contributed by atoms with E-state index in [0.29, 0.717) is 18.1 Å². The average molecular weight is 454 g/mol. The van der Waals surface area contributed by atoms with Gasteiger partial charge in [0.05, 0.1) is 26.5 Å². The highest BCUT2D eigenvalue weighted by Gasteiger charge is 2.37. The zero-order valence-electron chi connectivity index (χ0n) is 18.2. The fourth-order valence-corrected chi connectivity index (χ4v) is 3.17. The summed E-state index contributed by atoms with van der Waals surface area (Å²) in [5.74, 6) is -2.13. The number of imide groups is 2. The highest BCUT2D eigenvalue weighted by atomic mass is 16.5. The van der Waals surface area contributed by atoms with Crippen molar-refractivity contribution >= 4 is 35.6 Å². The molecule has 2 aromatic carbocycles. The van der Waals surface area contributed by atoms with E-state index in [1.807, 2.05) is 6.92 Å². The van der Waals surface area contributed by atoms with Gasteiger partial charge in [-0.15, -0.1) is 0 Å². The molecule has 0 saturated carbocycles. The first-order chi connectivity index (χ1) is 15.8. The van der Waals surface area contributed by atoms with Gasteiger partial charge in [0.25, 0.3) is 11.8 Å². The van der Waals surface area contributed by atoms with Crippen molar-refractivity contribution in [2.24, 2.45) is 0 Å². The largest absolute Gasteiger partial charge is 0.496 e. The minimum absolute atomic E-state index is 0.123. The summed E-state index contributed by atoms with van der Waals surface area (Å²) >= 11 is 0. The van der Waals surface area contributed by atoms with Gasteiger partial charge in [0.15, 0.2) is 11.5 Å². The molecule has 0 aromatic heterocycles. The summed E-state index contributed by atoms with van der Waals surface area (Å²) in [5, 5.41) is 11.5. The van der Waals surface area contributed by atoms with Crippen LogP contribution in [0.3, 0.4) is 0 Å². The van der Waals surface area contributed by atoms with E-state index in [-0.39, 0.29) is 28.1 Å². The predicted octanol–water partition coefficient (Wildman–Crippen LogP) is 2.86. The molecule has 172 valence electrons. The maximum Gasteiger partial charge on any atom is 0.339 e. The maximum atomic E-state index is 13.1. The van der Waals surface area contributed by atoms with Crippen molar-refractivity contribution in [3.8, 4) is 17.2 Å². The number of hydrogen-bond acceptors (Lipinski definition) is 7. The Kier molecular flexibility index (Phi) is 6.97. The topological polar surface area (TPSA) is 131 Å². The number of carboxylic acids is 1. The van der Waals surface area contributed by atoms with Crippen LogP contribution in [0.15, 0.2) is 42.0 Å². The molecular formula is C23H22N2O8. The molecule has 33 heavy (non-hydrogen) atoms. The summed E-state index contributed by atoms with van der Waals surface area (Å²) in [5.41, 5.74) is -0.0586. The number of urea groups is 1. The maximum absolute atomic E-state index is 13.1. The monoisotopic (exact) mass is 454 g/mol. The van der Waals surface area contributed by atoms with Gasteiger partial charge >= 0.3 is 12.0 Å². The first-order valence-corrected chi connectivity index (χ1v) is 9.94. The molecule has 10 nitrogen and oxygen atoms in total. The number of aromatic carboxylic acids is 1. The predicted molar refractivity (Wildman–Crippen MR) is 118 cm³/mol. The van der Waals surface area contributed by atoms with Gasteiger partial charge < -0.3 is 19.3 Å². The van der Waals surface area contributed by atoms with E-state index in [9.17, 15) is 24.3 Å². The summed E-state index contributed by atoms with van der Waals surface area (Å²) < 4.78 is 15.9. The third-order valence-corrected chi connectivity index (χ3v) is 4.73. The summed E-state index contributed by atoms with van der Waals surface area (Å²) in [6, 6.07) is 7.74. The van der Waals surface area contributed by atoms with E-state index >= 15 is 0 Å². The van der Waals surface area contributed by atoms with Gasteiger partial charge in [0, 0.05) is 6.07 Å². The Hall–Kier alpha value is -4.34. The molecule has 10 heteroatoms. The smallest absolute Gasteiger partial charge is 0.339 e. The number of anilines is 1. The summed E-state index contributed by atoms with van der Waals surface area (Å²) in [6.45, 7) is 2.41. The Morgan fingerprint density at radius 3 is 2.36 bits per heavy atom. The van der Waals surface area contributed by atoms with Crippen molar-refractivity contribution in [2.75, 3.05) is 25.7 Å². The van der Waals surface area contributed by atoms with Gasteiger partial charge in [0.2, 0.25) is 0 Å². The lowest BCUT2D eigenvalue weighted by molar-refractivity contribution is -0.122. The lowest BCUT2D eigenvalue weighted by Crippen LogP contribution is -2.54. The van der Waals surface area contributed by atoms with Crippen LogP contribution >= 0.6 is 0 Å². The molecule has 3 rings (SSSR count). The molecule has 2 N–H and O–H groups in total. The number of rotatable bonds is 8. The van der Waals surface area contributed by atoms with Crippen LogP contribution in [0.2, 0.25) is 0 Å². The zero-order valence-corrected chi connectivity index (χ0v) is 18.2. The Labute approximate surface area is 189 Å². The number of nitrogens with one attached hydrogen (secondary N) is 1. The second-order valence-electron chi connectivity index (χ2n) is 6.91. The molecule has 1 aliphatic heterocycles. The SMILES string of the molecule is CCCOc1ccc(N2C(=O)NC(=O)/C(=C\c3ccc(OC)c(C(=O)O)c3)C2=O)cc1OC. The molecule has 0 spiro atoms. The number of carbonyl (C=O) groups is 4. The number of barbiturate groups is 1. The van der Waals surface area contributed by atoms with E-state index in [0.717, 1.165) is 11.3 Å². The van der Waals surface area contributed by atoms with Crippen LogP contribution < -0.4 is 24.4 Å². The molecular weight excluding hydrogens is 432 g/mol. The van der Waals surface area contributed by atoms with Crippen molar-refractivity contribution in [3.05, 3.63) is 53.1 Å². The van der Waals surface area contributed by atoms with Crippen molar-refractivity contribution in [1.29, 1.82) is 0 Å². The number of amides is 4. The lowest BCUT2D eigenvalue weighted by Gasteiger charge is -2.27. The lowest BCUT2D eigenvalue weighted by atomic mass is 10.0. The fourth-order valence-electron chi connectivity index (χ4n) is 3.17. The molecule has 0 unspecified atom stereocenters. The van der Waals surface area contributed by atoms with Crippen LogP contribution in [0.4, 0.5) is 10.5 Å². The van der Waals surface area contributed by atoms with Crippen LogP contribution in [0.25, 0.3) is 6.08 Å². The highest BCUT2D eigenvalue weighted by Crippen LogP contribution is 2.33. The van der Waals surface area contributed by atoms with Crippen LogP contribution in [-0.2, 0) is 9.59 Å². The average Bonchev–Trinajstić information content (AvgIpc) is 2.80. The number of methoxy groups -OCH3 is 2. The number of carbonyl (C=O) groups excluding carboxylic acids is 3. The van der Waals surface area contributed by atoms with Crippen molar-refractivity contribution in [3.63, 3.8) is 0 Å². The van der Waals surface area contributed by atoms with Crippen LogP contribution in [0.1, 0.15) is 29.3 Å². The van der Waals surface area contributed by atoms with Crippen molar-refractivity contribution in [1.82, 2.24) is 5.32 Å². The van der Waals surface area contributed by atoms with Gasteiger partial charge in [-0.05, 0) is 42.3 Å². The number of benzene rings is 2. The van der Waals surface area contributed by atoms with Crippen LogP contribution in [-0.4, -0.2) is 49.7 Å². The van der Waals surface area contributed by atoms with Crippen LogP contribution in [0, 0.1) is 0 Å². The standard InChI is InChI=1S/C23H22N2O8/c1-4-9-33-18-8-6-14(12-19(18)32-3)25-21(27)16(20(26)24-23(25)30)11-13-5-7-17(31-2)15(10-13)22(28)29/h5-8,10-12H,4,9H2,1-3H3,(H,28,29)(H,24,26,30)/b16-11+. The number of nitrogens with zero attached hydrogens (tertiary/aromatic N) is 1. The first kappa shape index (κ1) is 23.3. The van der Waals surface area contributed by atoms with E-state index in [1.165, 1.54) is 50.6 Å². The molecule has 1 heterocycles. The Bertz CT molecular complexity index is 1160. The highest BCUT2D eigenvalue weighted by molar-refractivity contribution is 6.39. The van der Waals surface area contributed by atoms with Crippen molar-refractivity contribution < 1.29 is 38.5 Å². The Morgan fingerprint density at radius 1 is 1.03 bits per heavy atom. The van der Waals surface area contributed by atoms with Gasteiger partial charge in [-0.25, -0.2) is 14.5 Å². The van der Waals surface area contributed by atoms with E-state index in [1.54, 1.807) is 6.07 Å². The molecule has 0 aliphatic carbocycles. The van der Waals surface area contributed by atoms with Gasteiger partial charge in [0.1, 0.15) is 16.9 Å². The quantitative estimate of drug-likeness (QED) is 0.460. The molecule has 1 aliphatic rings. The van der Waals surface area contributed by atoms with Crippen molar-refractivity contribution in [2.45, 2.75) is 13.3 Å². The number of hydrogen-bond donors (Lipinski definition) is 2. The molecule has 2 aromatic rings. The summed E-state index contributed by atoms with van der Waals surface area (Å²) in [4.78, 5) is 50.2. The Balaban J connectivity index is 2.00. The molecule has 1 saturated heterocycles.